The van der Waals surface area contributed by atoms with Crippen LogP contribution in [-0.4, -0.2) is 44.6 Å². The Morgan fingerprint density at radius 1 is 1.15 bits per heavy atom. The Bertz CT molecular complexity index is 461. The molecule has 2 fully saturated rings. The maximum atomic E-state index is 12.6. The lowest BCUT2D eigenvalue weighted by atomic mass is 9.66. The van der Waals surface area contributed by atoms with E-state index in [0.29, 0.717) is 31.8 Å². The van der Waals surface area contributed by atoms with Crippen LogP contribution in [0, 0.1) is 11.3 Å². The van der Waals surface area contributed by atoms with Crippen molar-refractivity contribution >= 4 is 15.9 Å². The molecule has 6 heteroatoms. The molecule has 1 amide bonds. The summed E-state index contributed by atoms with van der Waals surface area (Å²) in [4.78, 5) is 14.5. The van der Waals surface area contributed by atoms with Crippen LogP contribution >= 0.6 is 0 Å². The summed E-state index contributed by atoms with van der Waals surface area (Å²) in [6, 6.07) is 0. The average molecular weight is 302 g/mol. The van der Waals surface area contributed by atoms with Gasteiger partial charge in [0.1, 0.15) is 0 Å². The molecular formula is C14H26N2O3S. The molecule has 0 spiro atoms. The molecule has 0 aromatic carbocycles. The second-order valence-corrected chi connectivity index (χ2v) is 8.76. The maximum absolute atomic E-state index is 12.6. The van der Waals surface area contributed by atoms with E-state index in [1.807, 2.05) is 18.7 Å². The topological polar surface area (TPSA) is 66.5 Å². The van der Waals surface area contributed by atoms with E-state index in [2.05, 4.69) is 4.72 Å². The van der Waals surface area contributed by atoms with Gasteiger partial charge in [-0.15, -0.1) is 0 Å². The monoisotopic (exact) mass is 302 g/mol. The normalized spacial score (nSPS) is 22.6. The number of hydrogen-bond donors (Lipinski definition) is 1. The van der Waals surface area contributed by atoms with E-state index < -0.39 is 10.0 Å². The SMILES string of the molecule is CNS(=O)(=O)C1CCN(C(=O)C(C)(C)C2CCC2)CC1. The van der Waals surface area contributed by atoms with Crippen LogP contribution < -0.4 is 4.72 Å². The van der Waals surface area contributed by atoms with Crippen molar-refractivity contribution in [3.05, 3.63) is 0 Å². The highest BCUT2D eigenvalue weighted by Crippen LogP contribution is 2.43. The summed E-state index contributed by atoms with van der Waals surface area (Å²) in [5.41, 5.74) is -0.299. The second kappa shape index (κ2) is 5.64. The van der Waals surface area contributed by atoms with Crippen LogP contribution in [0.1, 0.15) is 46.0 Å². The molecular weight excluding hydrogens is 276 g/mol. The summed E-state index contributed by atoms with van der Waals surface area (Å²) in [5, 5.41) is -0.358. The summed E-state index contributed by atoms with van der Waals surface area (Å²) < 4.78 is 25.9. The number of amides is 1. The van der Waals surface area contributed by atoms with E-state index in [1.165, 1.54) is 13.5 Å². The Morgan fingerprint density at radius 2 is 1.70 bits per heavy atom. The molecule has 1 aliphatic heterocycles. The van der Waals surface area contributed by atoms with Gasteiger partial charge in [0, 0.05) is 18.5 Å². The van der Waals surface area contributed by atoms with E-state index in [9.17, 15) is 13.2 Å². The highest BCUT2D eigenvalue weighted by Gasteiger charge is 2.43. The minimum atomic E-state index is -3.20. The Labute approximate surface area is 122 Å². The highest BCUT2D eigenvalue weighted by molar-refractivity contribution is 7.90. The predicted octanol–water partition coefficient (Wildman–Crippen LogP) is 1.35. The van der Waals surface area contributed by atoms with E-state index in [0.717, 1.165) is 12.8 Å². The molecule has 1 saturated carbocycles. The van der Waals surface area contributed by atoms with Crippen LogP contribution in [0.4, 0.5) is 0 Å². The van der Waals surface area contributed by atoms with Gasteiger partial charge in [0.25, 0.3) is 0 Å². The van der Waals surface area contributed by atoms with Gasteiger partial charge in [0.2, 0.25) is 15.9 Å². The molecule has 1 heterocycles. The minimum absolute atomic E-state index is 0.197. The fourth-order valence-corrected chi connectivity index (χ4v) is 4.41. The molecule has 0 radical (unpaired) electrons. The van der Waals surface area contributed by atoms with Crippen molar-refractivity contribution in [1.29, 1.82) is 0 Å². The molecule has 0 aromatic rings. The number of carbonyl (C=O) groups excluding carboxylic acids is 1. The standard InChI is InChI=1S/C14H26N2O3S/c1-14(2,11-5-4-6-11)13(17)16-9-7-12(8-10-16)20(18,19)15-3/h11-12,15H,4-10H2,1-3H3. The Morgan fingerprint density at radius 3 is 2.10 bits per heavy atom. The Kier molecular flexibility index (Phi) is 4.44. The summed E-state index contributed by atoms with van der Waals surface area (Å²) in [5.74, 6) is 0.691. The smallest absolute Gasteiger partial charge is 0.228 e. The first-order valence-electron chi connectivity index (χ1n) is 7.51. The molecule has 20 heavy (non-hydrogen) atoms. The van der Waals surface area contributed by atoms with Crippen LogP contribution in [0.15, 0.2) is 0 Å². The lowest BCUT2D eigenvalue weighted by molar-refractivity contribution is -0.146. The van der Waals surface area contributed by atoms with Crippen LogP contribution in [0.3, 0.4) is 0 Å². The summed E-state index contributed by atoms with van der Waals surface area (Å²) in [7, 11) is -1.75. The fourth-order valence-electron chi connectivity index (χ4n) is 3.25. The Hall–Kier alpha value is -0.620. The average Bonchev–Trinajstić information content (AvgIpc) is 2.35. The summed E-state index contributed by atoms with van der Waals surface area (Å²) in [6.07, 6.45) is 4.59. The van der Waals surface area contributed by atoms with E-state index in [4.69, 9.17) is 0 Å². The number of piperidine rings is 1. The number of hydrogen-bond acceptors (Lipinski definition) is 3. The van der Waals surface area contributed by atoms with E-state index in [1.54, 1.807) is 0 Å². The number of rotatable bonds is 4. The van der Waals surface area contributed by atoms with Gasteiger partial charge in [0.15, 0.2) is 0 Å². The first kappa shape index (κ1) is 15.8. The molecule has 0 bridgehead atoms. The molecule has 0 unspecified atom stereocenters. The van der Waals surface area contributed by atoms with Gasteiger partial charge in [-0.05, 0) is 38.6 Å². The zero-order valence-electron chi connectivity index (χ0n) is 12.7. The zero-order chi connectivity index (χ0) is 15.0. The first-order chi connectivity index (χ1) is 9.29. The third-order valence-electron chi connectivity index (χ3n) is 5.13. The van der Waals surface area contributed by atoms with Crippen LogP contribution in [0.2, 0.25) is 0 Å². The number of nitrogens with one attached hydrogen (secondary N) is 1. The maximum Gasteiger partial charge on any atom is 0.228 e. The van der Waals surface area contributed by atoms with Crippen LogP contribution in [0.5, 0.6) is 0 Å². The number of sulfonamides is 1. The van der Waals surface area contributed by atoms with Gasteiger partial charge in [-0.3, -0.25) is 4.79 Å². The van der Waals surface area contributed by atoms with Crippen molar-refractivity contribution in [2.75, 3.05) is 20.1 Å². The lowest BCUT2D eigenvalue weighted by Crippen LogP contribution is -2.51. The lowest BCUT2D eigenvalue weighted by Gasteiger charge is -2.43. The molecule has 1 aliphatic carbocycles. The first-order valence-corrected chi connectivity index (χ1v) is 9.05. The third kappa shape index (κ3) is 2.86. The quantitative estimate of drug-likeness (QED) is 0.852. The van der Waals surface area contributed by atoms with Gasteiger partial charge >= 0.3 is 0 Å². The molecule has 2 aliphatic rings. The molecule has 0 aromatic heterocycles. The minimum Gasteiger partial charge on any atom is -0.342 e. The largest absolute Gasteiger partial charge is 0.342 e. The van der Waals surface area contributed by atoms with Gasteiger partial charge < -0.3 is 4.90 Å². The van der Waals surface area contributed by atoms with Crippen LogP contribution in [0.25, 0.3) is 0 Å². The third-order valence-corrected chi connectivity index (χ3v) is 7.05. The molecule has 116 valence electrons. The van der Waals surface area contributed by atoms with Gasteiger partial charge in [-0.2, -0.15) is 0 Å². The van der Waals surface area contributed by atoms with Gasteiger partial charge in [0.05, 0.1) is 5.25 Å². The van der Waals surface area contributed by atoms with Crippen molar-refractivity contribution in [1.82, 2.24) is 9.62 Å². The van der Waals surface area contributed by atoms with Crippen molar-refractivity contribution in [2.45, 2.75) is 51.2 Å². The molecule has 1 saturated heterocycles. The van der Waals surface area contributed by atoms with Gasteiger partial charge in [-0.1, -0.05) is 20.3 Å². The summed E-state index contributed by atoms with van der Waals surface area (Å²) in [6.45, 7) is 5.19. The fraction of sp³-hybridized carbons (Fsp3) is 0.929. The molecule has 5 nitrogen and oxygen atoms in total. The molecule has 2 rings (SSSR count). The van der Waals surface area contributed by atoms with Crippen molar-refractivity contribution in [2.24, 2.45) is 11.3 Å². The van der Waals surface area contributed by atoms with E-state index in [-0.39, 0.29) is 16.6 Å². The predicted molar refractivity (Wildman–Crippen MR) is 78.7 cm³/mol. The van der Waals surface area contributed by atoms with E-state index >= 15 is 0 Å². The Balaban J connectivity index is 1.95. The number of likely N-dealkylation sites (tertiary alicyclic amines) is 1. The molecule has 0 atom stereocenters. The zero-order valence-corrected chi connectivity index (χ0v) is 13.5. The second-order valence-electron chi connectivity index (χ2n) is 6.59. The van der Waals surface area contributed by atoms with Crippen LogP contribution in [-0.2, 0) is 14.8 Å². The molecule has 1 N–H and O–H groups in total. The van der Waals surface area contributed by atoms with Crippen molar-refractivity contribution in [3.8, 4) is 0 Å². The number of nitrogens with zero attached hydrogens (tertiary/aromatic N) is 1. The summed E-state index contributed by atoms with van der Waals surface area (Å²) >= 11 is 0. The highest BCUT2D eigenvalue weighted by atomic mass is 32.2. The number of carbonyl (C=O) groups is 1. The van der Waals surface area contributed by atoms with Gasteiger partial charge in [-0.25, -0.2) is 13.1 Å². The van der Waals surface area contributed by atoms with Crippen molar-refractivity contribution < 1.29 is 13.2 Å². The van der Waals surface area contributed by atoms with Crippen molar-refractivity contribution in [3.63, 3.8) is 0 Å².